The molecule has 0 bridgehead atoms. The molecule has 1 aromatic carbocycles. The fourth-order valence-electron chi connectivity index (χ4n) is 2.61. The van der Waals surface area contributed by atoms with Crippen LogP contribution >= 0.6 is 0 Å². The van der Waals surface area contributed by atoms with Crippen molar-refractivity contribution in [1.82, 2.24) is 5.32 Å². The topological polar surface area (TPSA) is 88.8 Å². The highest BCUT2D eigenvalue weighted by atomic mass is 16.5. The summed E-state index contributed by atoms with van der Waals surface area (Å²) >= 11 is 0. The van der Waals surface area contributed by atoms with Crippen LogP contribution in [0.25, 0.3) is 0 Å². The van der Waals surface area contributed by atoms with Gasteiger partial charge in [-0.25, -0.2) is 0 Å². The molecule has 0 aliphatic carbocycles. The van der Waals surface area contributed by atoms with Crippen molar-refractivity contribution in [1.29, 1.82) is 0 Å². The Morgan fingerprint density at radius 2 is 2.04 bits per heavy atom. The third kappa shape index (κ3) is 4.41. The Kier molecular flexibility index (Phi) is 5.51. The number of nitrogens with one attached hydrogen (secondary N) is 1. The number of furan rings is 1. The Hall–Kier alpha value is -2.76. The molecule has 0 fully saturated rings. The van der Waals surface area contributed by atoms with Crippen molar-refractivity contribution in [3.05, 3.63) is 53.0 Å². The molecular weight excluding hydrogens is 322 g/mol. The van der Waals surface area contributed by atoms with Gasteiger partial charge in [-0.1, -0.05) is 26.0 Å². The number of rotatable bonds is 7. The highest BCUT2D eigenvalue weighted by Crippen LogP contribution is 2.26. The molecule has 6 nitrogen and oxygen atoms in total. The van der Waals surface area contributed by atoms with E-state index >= 15 is 0 Å². The van der Waals surface area contributed by atoms with Crippen molar-refractivity contribution >= 4 is 11.9 Å². The fourth-order valence-corrected chi connectivity index (χ4v) is 2.61. The molecular formula is C19H23NO5. The lowest BCUT2D eigenvalue weighted by atomic mass is 9.84. The lowest BCUT2D eigenvalue weighted by Gasteiger charge is -2.26. The first-order valence-corrected chi connectivity index (χ1v) is 7.96. The molecule has 134 valence electrons. The normalized spacial score (nSPS) is 11.2. The van der Waals surface area contributed by atoms with Gasteiger partial charge in [0.15, 0.2) is 0 Å². The van der Waals surface area contributed by atoms with Crippen molar-refractivity contribution in [2.45, 2.75) is 32.6 Å². The number of carbonyl (C=O) groups is 2. The number of hydrogen-bond donors (Lipinski definition) is 2. The van der Waals surface area contributed by atoms with Gasteiger partial charge in [0.25, 0.3) is 5.91 Å². The third-order valence-corrected chi connectivity index (χ3v) is 4.13. The first-order chi connectivity index (χ1) is 11.7. The van der Waals surface area contributed by atoms with Gasteiger partial charge in [0, 0.05) is 17.5 Å². The first kappa shape index (κ1) is 18.6. The second-order valence-corrected chi connectivity index (χ2v) is 6.59. The number of amides is 1. The summed E-state index contributed by atoms with van der Waals surface area (Å²) < 4.78 is 10.5. The molecule has 0 aliphatic heterocycles. The van der Waals surface area contributed by atoms with E-state index in [1.807, 2.05) is 38.1 Å². The lowest BCUT2D eigenvalue weighted by molar-refractivity contribution is -0.136. The summed E-state index contributed by atoms with van der Waals surface area (Å²) in [4.78, 5) is 23.5. The van der Waals surface area contributed by atoms with Crippen LogP contribution in [-0.4, -0.2) is 30.6 Å². The molecule has 25 heavy (non-hydrogen) atoms. The van der Waals surface area contributed by atoms with Crippen molar-refractivity contribution in [3.63, 3.8) is 0 Å². The fraction of sp³-hybridized carbons (Fsp3) is 0.368. The van der Waals surface area contributed by atoms with Crippen LogP contribution in [0.2, 0.25) is 0 Å². The minimum absolute atomic E-state index is 0.168. The Labute approximate surface area is 146 Å². The molecule has 2 rings (SSSR count). The highest BCUT2D eigenvalue weighted by molar-refractivity contribution is 5.97. The Balaban J connectivity index is 2.13. The van der Waals surface area contributed by atoms with Gasteiger partial charge in [0.05, 0.1) is 18.9 Å². The maximum Gasteiger partial charge on any atom is 0.311 e. The molecule has 0 unspecified atom stereocenters. The minimum Gasteiger partial charge on any atom is -0.497 e. The largest absolute Gasteiger partial charge is 0.497 e. The van der Waals surface area contributed by atoms with Crippen LogP contribution in [-0.2, 0) is 16.6 Å². The second-order valence-electron chi connectivity index (χ2n) is 6.59. The van der Waals surface area contributed by atoms with Crippen molar-refractivity contribution < 1.29 is 23.8 Å². The third-order valence-electron chi connectivity index (χ3n) is 4.13. The van der Waals surface area contributed by atoms with Gasteiger partial charge in [-0.15, -0.1) is 0 Å². The van der Waals surface area contributed by atoms with E-state index in [4.69, 9.17) is 14.3 Å². The SMILES string of the molecule is COc1cccc(C(C)(C)CNC(=O)c2c(C)coc2CC(=O)O)c1. The van der Waals surface area contributed by atoms with Crippen LogP contribution in [0, 0.1) is 6.92 Å². The molecule has 0 saturated carbocycles. The minimum atomic E-state index is -1.04. The standard InChI is InChI=1S/C19H23NO5/c1-12-10-25-15(9-16(21)22)17(12)18(23)20-11-19(2,3)13-6-5-7-14(8-13)24-4/h5-8,10H,9,11H2,1-4H3,(H,20,23)(H,21,22). The van der Waals surface area contributed by atoms with E-state index in [9.17, 15) is 9.59 Å². The summed E-state index contributed by atoms with van der Waals surface area (Å²) in [7, 11) is 1.61. The van der Waals surface area contributed by atoms with E-state index in [0.717, 1.165) is 11.3 Å². The van der Waals surface area contributed by atoms with E-state index in [2.05, 4.69) is 5.32 Å². The molecule has 0 atom stereocenters. The average Bonchev–Trinajstić information content (AvgIpc) is 2.92. The summed E-state index contributed by atoms with van der Waals surface area (Å²) in [5, 5.41) is 11.8. The molecule has 1 aromatic heterocycles. The maximum atomic E-state index is 12.5. The molecule has 0 spiro atoms. The van der Waals surface area contributed by atoms with Crippen molar-refractivity contribution in [2.75, 3.05) is 13.7 Å². The molecule has 0 aliphatic rings. The summed E-state index contributed by atoms with van der Waals surface area (Å²) in [6.45, 7) is 6.14. The zero-order valence-electron chi connectivity index (χ0n) is 14.9. The molecule has 2 aromatic rings. The molecule has 2 N–H and O–H groups in total. The number of carbonyl (C=O) groups excluding carboxylic acids is 1. The Bertz CT molecular complexity index is 776. The van der Waals surface area contributed by atoms with Crippen LogP contribution in [0.1, 0.15) is 41.1 Å². The summed E-state index contributed by atoms with van der Waals surface area (Å²) in [6.07, 6.45) is 1.08. The number of ether oxygens (including phenoxy) is 1. The van der Waals surface area contributed by atoms with Crippen molar-refractivity contribution in [2.24, 2.45) is 0 Å². The van der Waals surface area contributed by atoms with Crippen molar-refractivity contribution in [3.8, 4) is 5.75 Å². The number of hydrogen-bond acceptors (Lipinski definition) is 4. The van der Waals surface area contributed by atoms with Crippen LogP contribution in [0.5, 0.6) is 5.75 Å². The Morgan fingerprint density at radius 1 is 1.32 bits per heavy atom. The second kappa shape index (κ2) is 7.42. The number of carboxylic acid groups (broad SMARTS) is 1. The van der Waals surface area contributed by atoms with Gasteiger partial charge < -0.3 is 19.6 Å². The van der Waals surface area contributed by atoms with Gasteiger partial charge in [-0.05, 0) is 24.6 Å². The van der Waals surface area contributed by atoms with E-state index in [1.54, 1.807) is 14.0 Å². The van der Waals surface area contributed by atoms with Crippen LogP contribution in [0.3, 0.4) is 0 Å². The quantitative estimate of drug-likeness (QED) is 0.805. The van der Waals surface area contributed by atoms with Gasteiger partial charge >= 0.3 is 5.97 Å². The lowest BCUT2D eigenvalue weighted by Crippen LogP contribution is -2.37. The highest BCUT2D eigenvalue weighted by Gasteiger charge is 2.25. The van der Waals surface area contributed by atoms with E-state index < -0.39 is 5.97 Å². The number of aliphatic carboxylic acids is 1. The summed E-state index contributed by atoms with van der Waals surface area (Å²) in [6, 6.07) is 7.69. The predicted molar refractivity (Wildman–Crippen MR) is 93.1 cm³/mol. The average molecular weight is 345 g/mol. The zero-order chi connectivity index (χ0) is 18.6. The van der Waals surface area contributed by atoms with Gasteiger partial charge in [0.2, 0.25) is 0 Å². The first-order valence-electron chi connectivity index (χ1n) is 7.96. The number of benzene rings is 1. The van der Waals surface area contributed by atoms with Crippen LogP contribution in [0.15, 0.2) is 34.9 Å². The molecule has 1 heterocycles. The summed E-state index contributed by atoms with van der Waals surface area (Å²) in [5.74, 6) is -0.452. The Morgan fingerprint density at radius 3 is 2.68 bits per heavy atom. The molecule has 6 heteroatoms. The van der Waals surface area contributed by atoms with Gasteiger partial charge in [-0.3, -0.25) is 9.59 Å². The smallest absolute Gasteiger partial charge is 0.311 e. The number of methoxy groups -OCH3 is 1. The number of carboxylic acids is 1. The van der Waals surface area contributed by atoms with E-state index in [1.165, 1.54) is 6.26 Å². The summed E-state index contributed by atoms with van der Waals surface area (Å²) in [5.41, 5.74) is 1.62. The van der Waals surface area contributed by atoms with Crippen LogP contribution in [0.4, 0.5) is 0 Å². The van der Waals surface area contributed by atoms with Gasteiger partial charge in [0.1, 0.15) is 17.9 Å². The molecule has 0 radical (unpaired) electrons. The van der Waals surface area contributed by atoms with E-state index in [-0.39, 0.29) is 23.5 Å². The molecule has 0 saturated heterocycles. The predicted octanol–water partition coefficient (Wildman–Crippen LogP) is 2.93. The van der Waals surface area contributed by atoms with Gasteiger partial charge in [-0.2, -0.15) is 0 Å². The monoisotopic (exact) mass is 345 g/mol. The maximum absolute atomic E-state index is 12.5. The molecule has 1 amide bonds. The number of aryl methyl sites for hydroxylation is 1. The van der Waals surface area contributed by atoms with Crippen LogP contribution < -0.4 is 10.1 Å². The zero-order valence-corrected chi connectivity index (χ0v) is 14.9. The van der Waals surface area contributed by atoms with E-state index in [0.29, 0.717) is 17.7 Å².